The summed E-state index contributed by atoms with van der Waals surface area (Å²) < 4.78 is 0. The minimum absolute atomic E-state index is 0.0225. The van der Waals surface area contributed by atoms with Gasteiger partial charge in [-0.1, -0.05) is 12.0 Å². The van der Waals surface area contributed by atoms with Crippen LogP contribution in [0.15, 0.2) is 18.3 Å². The molecule has 0 aliphatic heterocycles. The van der Waals surface area contributed by atoms with Crippen molar-refractivity contribution in [2.75, 3.05) is 18.0 Å². The van der Waals surface area contributed by atoms with Crippen molar-refractivity contribution in [2.45, 2.75) is 19.9 Å². The summed E-state index contributed by atoms with van der Waals surface area (Å²) in [6.07, 6.45) is 7.09. The van der Waals surface area contributed by atoms with Crippen LogP contribution < -0.4 is 10.6 Å². The van der Waals surface area contributed by atoms with Gasteiger partial charge in [0, 0.05) is 18.8 Å². The van der Waals surface area contributed by atoms with Crippen LogP contribution >= 0.6 is 0 Å². The van der Waals surface area contributed by atoms with E-state index in [1.807, 2.05) is 24.0 Å². The van der Waals surface area contributed by atoms with E-state index < -0.39 is 0 Å². The first-order valence-corrected chi connectivity index (χ1v) is 5.09. The fourth-order valence-corrected chi connectivity index (χ4v) is 1.32. The van der Waals surface area contributed by atoms with Gasteiger partial charge in [-0.05, 0) is 25.5 Å². The normalized spacial score (nSPS) is 11.9. The average molecular weight is 203 g/mol. The summed E-state index contributed by atoms with van der Waals surface area (Å²) in [6.45, 7) is 5.43. The Hall–Kier alpha value is -1.53. The van der Waals surface area contributed by atoms with Crippen LogP contribution in [0.25, 0.3) is 0 Å². The van der Waals surface area contributed by atoms with E-state index in [4.69, 9.17) is 12.2 Å². The van der Waals surface area contributed by atoms with Gasteiger partial charge >= 0.3 is 0 Å². The Morgan fingerprint density at radius 2 is 2.33 bits per heavy atom. The van der Waals surface area contributed by atoms with E-state index in [0.29, 0.717) is 6.54 Å². The Kier molecular flexibility index (Phi) is 4.14. The molecule has 2 N–H and O–H groups in total. The van der Waals surface area contributed by atoms with Crippen LogP contribution in [0.1, 0.15) is 25.5 Å². The first-order chi connectivity index (χ1) is 7.19. The Balaban J connectivity index is 2.83. The predicted octanol–water partition coefficient (Wildman–Crippen LogP) is 1.56. The number of hydrogen-bond donors (Lipinski definition) is 1. The molecule has 0 unspecified atom stereocenters. The topological polar surface area (TPSA) is 42.1 Å². The van der Waals surface area contributed by atoms with Crippen molar-refractivity contribution in [3.8, 4) is 12.3 Å². The number of terminal acetylenes is 1. The van der Waals surface area contributed by atoms with E-state index in [-0.39, 0.29) is 6.04 Å². The largest absolute Gasteiger partial charge is 0.346 e. The van der Waals surface area contributed by atoms with Gasteiger partial charge in [0.1, 0.15) is 5.82 Å². The Morgan fingerprint density at radius 1 is 1.60 bits per heavy atom. The van der Waals surface area contributed by atoms with Crippen molar-refractivity contribution in [3.05, 3.63) is 23.9 Å². The molecule has 1 atom stereocenters. The second-order valence-electron chi connectivity index (χ2n) is 3.46. The molecule has 3 nitrogen and oxygen atoms in total. The van der Waals surface area contributed by atoms with E-state index in [1.54, 1.807) is 6.20 Å². The van der Waals surface area contributed by atoms with E-state index in [2.05, 4.69) is 17.8 Å². The van der Waals surface area contributed by atoms with Crippen molar-refractivity contribution in [1.82, 2.24) is 4.98 Å². The number of nitrogens with two attached hydrogens (primary N) is 1. The van der Waals surface area contributed by atoms with Crippen LogP contribution in [0.3, 0.4) is 0 Å². The number of rotatable bonds is 4. The summed E-state index contributed by atoms with van der Waals surface area (Å²) >= 11 is 0. The summed E-state index contributed by atoms with van der Waals surface area (Å²) in [6, 6.07) is 3.97. The summed E-state index contributed by atoms with van der Waals surface area (Å²) in [5, 5.41) is 0. The van der Waals surface area contributed by atoms with Gasteiger partial charge in [0.2, 0.25) is 0 Å². The van der Waals surface area contributed by atoms with Gasteiger partial charge in [-0.3, -0.25) is 0 Å². The van der Waals surface area contributed by atoms with E-state index in [0.717, 1.165) is 17.9 Å². The second kappa shape index (κ2) is 5.38. The van der Waals surface area contributed by atoms with Crippen molar-refractivity contribution in [1.29, 1.82) is 0 Å². The van der Waals surface area contributed by atoms with Gasteiger partial charge < -0.3 is 10.6 Å². The lowest BCUT2D eigenvalue weighted by Gasteiger charge is -2.19. The maximum atomic E-state index is 5.75. The van der Waals surface area contributed by atoms with Crippen LogP contribution in [-0.4, -0.2) is 18.1 Å². The van der Waals surface area contributed by atoms with Crippen LogP contribution in [0.2, 0.25) is 0 Å². The number of anilines is 1. The summed E-state index contributed by atoms with van der Waals surface area (Å²) in [7, 11) is 0. The fraction of sp³-hybridized carbons (Fsp3) is 0.417. The number of hydrogen-bond acceptors (Lipinski definition) is 3. The van der Waals surface area contributed by atoms with Crippen molar-refractivity contribution in [3.63, 3.8) is 0 Å². The minimum Gasteiger partial charge on any atom is -0.346 e. The van der Waals surface area contributed by atoms with E-state index in [1.165, 1.54) is 0 Å². The molecule has 0 aromatic carbocycles. The minimum atomic E-state index is 0.0225. The second-order valence-corrected chi connectivity index (χ2v) is 3.46. The Morgan fingerprint density at radius 3 is 2.73 bits per heavy atom. The third kappa shape index (κ3) is 2.97. The van der Waals surface area contributed by atoms with Crippen molar-refractivity contribution in [2.24, 2.45) is 5.73 Å². The van der Waals surface area contributed by atoms with Crippen molar-refractivity contribution < 1.29 is 0 Å². The SMILES string of the molecule is C#CCN(CC)c1ccc([C@@H](C)N)cn1. The Labute approximate surface area is 91.3 Å². The maximum absolute atomic E-state index is 5.75. The summed E-state index contributed by atoms with van der Waals surface area (Å²) in [5.74, 6) is 3.52. The van der Waals surface area contributed by atoms with E-state index >= 15 is 0 Å². The summed E-state index contributed by atoms with van der Waals surface area (Å²) in [4.78, 5) is 6.37. The van der Waals surface area contributed by atoms with Crippen molar-refractivity contribution >= 4 is 5.82 Å². The first-order valence-electron chi connectivity index (χ1n) is 5.09. The zero-order valence-corrected chi connectivity index (χ0v) is 9.27. The standard InChI is InChI=1S/C12H17N3/c1-4-8-15(5-2)12-7-6-11(9-14-12)10(3)13/h1,6-7,9-10H,5,8,13H2,2-3H3/t10-/m1/s1. The molecule has 0 fully saturated rings. The molecule has 0 saturated heterocycles. The third-order valence-electron chi connectivity index (χ3n) is 2.28. The molecule has 1 aromatic heterocycles. The zero-order chi connectivity index (χ0) is 11.3. The van der Waals surface area contributed by atoms with Gasteiger partial charge in [0.25, 0.3) is 0 Å². The molecule has 1 heterocycles. The zero-order valence-electron chi connectivity index (χ0n) is 9.27. The van der Waals surface area contributed by atoms with Gasteiger partial charge in [0.15, 0.2) is 0 Å². The Bertz CT molecular complexity index is 335. The number of aromatic nitrogens is 1. The van der Waals surface area contributed by atoms with Gasteiger partial charge in [-0.25, -0.2) is 4.98 Å². The quantitative estimate of drug-likeness (QED) is 0.755. The molecule has 1 aromatic rings. The summed E-state index contributed by atoms with van der Waals surface area (Å²) in [5.41, 5.74) is 6.78. The lowest BCUT2D eigenvalue weighted by atomic mass is 10.1. The van der Waals surface area contributed by atoms with Crippen LogP contribution in [0.4, 0.5) is 5.82 Å². The molecule has 0 radical (unpaired) electrons. The fourth-order valence-electron chi connectivity index (χ4n) is 1.32. The molecular formula is C12H17N3. The van der Waals surface area contributed by atoms with E-state index in [9.17, 15) is 0 Å². The lowest BCUT2D eigenvalue weighted by molar-refractivity contribution is 0.806. The number of pyridine rings is 1. The molecule has 3 heteroatoms. The molecule has 0 spiro atoms. The highest BCUT2D eigenvalue weighted by Crippen LogP contribution is 2.14. The monoisotopic (exact) mass is 203 g/mol. The highest BCUT2D eigenvalue weighted by molar-refractivity contribution is 5.40. The predicted molar refractivity (Wildman–Crippen MR) is 63.6 cm³/mol. The molecule has 0 aliphatic carbocycles. The number of nitrogens with zero attached hydrogens (tertiary/aromatic N) is 2. The third-order valence-corrected chi connectivity index (χ3v) is 2.28. The lowest BCUT2D eigenvalue weighted by Crippen LogP contribution is -2.23. The smallest absolute Gasteiger partial charge is 0.129 e. The molecule has 0 amide bonds. The molecule has 15 heavy (non-hydrogen) atoms. The average Bonchev–Trinajstić information content (AvgIpc) is 2.26. The first kappa shape index (κ1) is 11.5. The van der Waals surface area contributed by atoms with Crippen LogP contribution in [0.5, 0.6) is 0 Å². The molecule has 80 valence electrons. The molecular weight excluding hydrogens is 186 g/mol. The van der Waals surface area contributed by atoms with Gasteiger partial charge in [-0.15, -0.1) is 6.42 Å². The van der Waals surface area contributed by atoms with Gasteiger partial charge in [-0.2, -0.15) is 0 Å². The highest BCUT2D eigenvalue weighted by atomic mass is 15.2. The molecule has 0 bridgehead atoms. The van der Waals surface area contributed by atoms with Crippen LogP contribution in [0, 0.1) is 12.3 Å². The van der Waals surface area contributed by atoms with Crippen LogP contribution in [-0.2, 0) is 0 Å². The molecule has 0 aliphatic rings. The highest BCUT2D eigenvalue weighted by Gasteiger charge is 2.05. The van der Waals surface area contributed by atoms with Gasteiger partial charge in [0.05, 0.1) is 6.54 Å². The molecule has 0 saturated carbocycles. The molecule has 1 rings (SSSR count). The maximum Gasteiger partial charge on any atom is 0.129 e.